The van der Waals surface area contributed by atoms with Crippen molar-refractivity contribution in [1.82, 2.24) is 15.0 Å². The zero-order chi connectivity index (χ0) is 13.1. The molecule has 0 radical (unpaired) electrons. The Morgan fingerprint density at radius 1 is 1.50 bits per heavy atom. The summed E-state index contributed by atoms with van der Waals surface area (Å²) in [5.41, 5.74) is 6.98. The third-order valence-electron chi connectivity index (χ3n) is 2.65. The second-order valence-electron chi connectivity index (χ2n) is 4.08. The molecule has 0 bridgehead atoms. The van der Waals surface area contributed by atoms with Gasteiger partial charge in [-0.3, -0.25) is 0 Å². The first kappa shape index (κ1) is 13.2. The quantitative estimate of drug-likeness (QED) is 0.944. The molecule has 1 atom stereocenters. The van der Waals surface area contributed by atoms with E-state index in [1.807, 2.05) is 0 Å². The first-order valence-corrected chi connectivity index (χ1v) is 6.54. The van der Waals surface area contributed by atoms with E-state index in [1.165, 1.54) is 10.7 Å². The average molecular weight is 313 g/mol. The number of halogens is 2. The Labute approximate surface area is 113 Å². The molecule has 0 saturated heterocycles. The molecular weight excluding hydrogens is 299 g/mol. The van der Waals surface area contributed by atoms with Gasteiger partial charge in [-0.1, -0.05) is 34.5 Å². The molecule has 6 heteroatoms. The molecular formula is C12H14BrFN4. The number of rotatable bonds is 4. The fraction of sp³-hybridized carbons (Fsp3) is 0.333. The van der Waals surface area contributed by atoms with Gasteiger partial charge in [-0.15, -0.1) is 5.10 Å². The molecule has 2 aromatic rings. The molecule has 0 aliphatic carbocycles. The molecule has 1 unspecified atom stereocenters. The van der Waals surface area contributed by atoms with Crippen LogP contribution >= 0.6 is 15.9 Å². The molecule has 1 heterocycles. The average Bonchev–Trinajstić information content (AvgIpc) is 2.82. The summed E-state index contributed by atoms with van der Waals surface area (Å²) in [5, 5.41) is 7.91. The highest BCUT2D eigenvalue weighted by Crippen LogP contribution is 2.20. The second kappa shape index (κ2) is 5.58. The minimum Gasteiger partial charge on any atom is -0.323 e. The zero-order valence-electron chi connectivity index (χ0n) is 9.98. The van der Waals surface area contributed by atoms with E-state index in [-0.39, 0.29) is 11.9 Å². The van der Waals surface area contributed by atoms with Gasteiger partial charge in [0, 0.05) is 4.47 Å². The van der Waals surface area contributed by atoms with E-state index in [1.54, 1.807) is 18.3 Å². The molecule has 0 aliphatic heterocycles. The Morgan fingerprint density at radius 2 is 2.28 bits per heavy atom. The number of hydrogen-bond acceptors (Lipinski definition) is 3. The molecule has 0 amide bonds. The van der Waals surface area contributed by atoms with E-state index >= 15 is 0 Å². The number of hydrogen-bond donors (Lipinski definition) is 1. The molecule has 1 aromatic heterocycles. The highest BCUT2D eigenvalue weighted by atomic mass is 79.9. The molecule has 1 aromatic carbocycles. The summed E-state index contributed by atoms with van der Waals surface area (Å²) >= 11 is 3.30. The fourth-order valence-corrected chi connectivity index (χ4v) is 2.03. The lowest BCUT2D eigenvalue weighted by molar-refractivity contribution is 0.606. The third kappa shape index (κ3) is 2.76. The van der Waals surface area contributed by atoms with E-state index < -0.39 is 0 Å². The summed E-state index contributed by atoms with van der Waals surface area (Å²) in [7, 11) is 0. The Balaban J connectivity index is 2.32. The van der Waals surface area contributed by atoms with E-state index in [9.17, 15) is 4.39 Å². The van der Waals surface area contributed by atoms with Crippen molar-refractivity contribution >= 4 is 15.9 Å². The third-order valence-corrected chi connectivity index (χ3v) is 3.14. The van der Waals surface area contributed by atoms with Gasteiger partial charge in [0.15, 0.2) is 0 Å². The van der Waals surface area contributed by atoms with Crippen molar-refractivity contribution in [3.05, 3.63) is 40.4 Å². The van der Waals surface area contributed by atoms with Crippen molar-refractivity contribution in [3.8, 4) is 5.69 Å². The molecule has 96 valence electrons. The number of nitrogens with two attached hydrogens (primary N) is 1. The Morgan fingerprint density at radius 3 is 3.00 bits per heavy atom. The molecule has 4 nitrogen and oxygen atoms in total. The van der Waals surface area contributed by atoms with Crippen LogP contribution in [-0.4, -0.2) is 15.0 Å². The van der Waals surface area contributed by atoms with Gasteiger partial charge < -0.3 is 5.73 Å². The lowest BCUT2D eigenvalue weighted by Crippen LogP contribution is -2.10. The molecule has 0 spiro atoms. The van der Waals surface area contributed by atoms with Crippen molar-refractivity contribution < 1.29 is 4.39 Å². The van der Waals surface area contributed by atoms with E-state index in [0.717, 1.165) is 17.3 Å². The highest BCUT2D eigenvalue weighted by Gasteiger charge is 2.12. The van der Waals surface area contributed by atoms with Gasteiger partial charge in [0.1, 0.15) is 11.5 Å². The monoisotopic (exact) mass is 312 g/mol. The van der Waals surface area contributed by atoms with Crippen molar-refractivity contribution in [1.29, 1.82) is 0 Å². The van der Waals surface area contributed by atoms with Gasteiger partial charge in [-0.2, -0.15) is 0 Å². The summed E-state index contributed by atoms with van der Waals surface area (Å²) in [6.45, 7) is 2.05. The minimum atomic E-state index is -0.348. The first-order chi connectivity index (χ1) is 8.61. The molecule has 2 N–H and O–H groups in total. The van der Waals surface area contributed by atoms with Gasteiger partial charge in [-0.05, 0) is 24.6 Å². The SMILES string of the molecule is CCCC(N)c1cn(-c2cc(Br)ccc2F)nn1. The largest absolute Gasteiger partial charge is 0.323 e. The lowest BCUT2D eigenvalue weighted by atomic mass is 10.1. The standard InChI is InChI=1S/C12H14BrFN4/c1-2-3-10(15)11-7-18(17-16-11)12-6-8(13)4-5-9(12)14/h4-7,10H,2-3,15H2,1H3. The van der Waals surface area contributed by atoms with Crippen LogP contribution in [0.25, 0.3) is 5.69 Å². The summed E-state index contributed by atoms with van der Waals surface area (Å²) < 4.78 is 15.9. The zero-order valence-corrected chi connectivity index (χ0v) is 11.6. The van der Waals surface area contributed by atoms with Crippen LogP contribution in [0.3, 0.4) is 0 Å². The molecule has 0 fully saturated rings. The Kier molecular flexibility index (Phi) is 4.08. The molecule has 0 aliphatic rings. The minimum absolute atomic E-state index is 0.154. The predicted octanol–water partition coefficient (Wildman–Crippen LogP) is 2.97. The van der Waals surface area contributed by atoms with Crippen molar-refractivity contribution in [2.24, 2.45) is 5.73 Å². The van der Waals surface area contributed by atoms with Crippen LogP contribution < -0.4 is 5.73 Å². The van der Waals surface area contributed by atoms with Crippen LogP contribution in [0.15, 0.2) is 28.9 Å². The molecule has 2 rings (SSSR count). The number of benzene rings is 1. The van der Waals surface area contributed by atoms with E-state index in [0.29, 0.717) is 11.4 Å². The maximum absolute atomic E-state index is 13.7. The molecule has 18 heavy (non-hydrogen) atoms. The Hall–Kier alpha value is -1.27. The lowest BCUT2D eigenvalue weighted by Gasteiger charge is -2.05. The number of nitrogens with zero attached hydrogens (tertiary/aromatic N) is 3. The van der Waals surface area contributed by atoms with Crippen LogP contribution in [0, 0.1) is 5.82 Å². The fourth-order valence-electron chi connectivity index (χ4n) is 1.68. The summed E-state index contributed by atoms with van der Waals surface area (Å²) in [6, 6.07) is 4.52. The van der Waals surface area contributed by atoms with Gasteiger partial charge in [0.05, 0.1) is 17.9 Å². The van der Waals surface area contributed by atoms with Gasteiger partial charge in [0.25, 0.3) is 0 Å². The maximum atomic E-state index is 13.7. The topological polar surface area (TPSA) is 56.7 Å². The van der Waals surface area contributed by atoms with Crippen LogP contribution in [0.2, 0.25) is 0 Å². The van der Waals surface area contributed by atoms with Gasteiger partial charge in [0.2, 0.25) is 0 Å². The highest BCUT2D eigenvalue weighted by molar-refractivity contribution is 9.10. The summed E-state index contributed by atoms with van der Waals surface area (Å²) in [5.74, 6) is -0.348. The van der Waals surface area contributed by atoms with E-state index in [2.05, 4.69) is 33.2 Å². The number of aromatic nitrogens is 3. The summed E-state index contributed by atoms with van der Waals surface area (Å²) in [6.07, 6.45) is 3.48. The van der Waals surface area contributed by atoms with Gasteiger partial charge >= 0.3 is 0 Å². The van der Waals surface area contributed by atoms with Crippen molar-refractivity contribution in [2.45, 2.75) is 25.8 Å². The normalized spacial score (nSPS) is 12.7. The van der Waals surface area contributed by atoms with Crippen molar-refractivity contribution in [3.63, 3.8) is 0 Å². The summed E-state index contributed by atoms with van der Waals surface area (Å²) in [4.78, 5) is 0. The molecule has 0 saturated carbocycles. The Bertz CT molecular complexity index is 541. The van der Waals surface area contributed by atoms with Crippen molar-refractivity contribution in [2.75, 3.05) is 0 Å². The maximum Gasteiger partial charge on any atom is 0.148 e. The van der Waals surface area contributed by atoms with Crippen LogP contribution in [0.1, 0.15) is 31.5 Å². The van der Waals surface area contributed by atoms with E-state index in [4.69, 9.17) is 5.73 Å². The second-order valence-corrected chi connectivity index (χ2v) is 4.99. The van der Waals surface area contributed by atoms with Crippen LogP contribution in [0.5, 0.6) is 0 Å². The van der Waals surface area contributed by atoms with Crippen LogP contribution in [-0.2, 0) is 0 Å². The first-order valence-electron chi connectivity index (χ1n) is 5.75. The predicted molar refractivity (Wildman–Crippen MR) is 70.9 cm³/mol. The van der Waals surface area contributed by atoms with Gasteiger partial charge in [-0.25, -0.2) is 9.07 Å². The van der Waals surface area contributed by atoms with Crippen LogP contribution in [0.4, 0.5) is 4.39 Å². The smallest absolute Gasteiger partial charge is 0.148 e.